The summed E-state index contributed by atoms with van der Waals surface area (Å²) in [5.74, 6) is -1.87. The molecule has 0 bridgehead atoms. The van der Waals surface area contributed by atoms with Gasteiger partial charge in [0.2, 0.25) is 0 Å². The summed E-state index contributed by atoms with van der Waals surface area (Å²) in [6, 6.07) is 9.71. The molecule has 7 nitrogen and oxygen atoms in total. The van der Waals surface area contributed by atoms with Crippen molar-refractivity contribution in [2.45, 2.75) is 76.5 Å². The van der Waals surface area contributed by atoms with Crippen molar-refractivity contribution >= 4 is 5.91 Å². The van der Waals surface area contributed by atoms with Crippen LogP contribution in [0.4, 0.5) is 0 Å². The van der Waals surface area contributed by atoms with Crippen LogP contribution in [0.5, 0.6) is 0 Å². The summed E-state index contributed by atoms with van der Waals surface area (Å²) < 4.78 is 29.7. The van der Waals surface area contributed by atoms with E-state index in [2.05, 4.69) is 5.32 Å². The minimum atomic E-state index is -0.829. The van der Waals surface area contributed by atoms with E-state index < -0.39 is 42.3 Å². The van der Waals surface area contributed by atoms with E-state index in [9.17, 15) is 4.79 Å². The van der Waals surface area contributed by atoms with Gasteiger partial charge in [-0.1, -0.05) is 30.3 Å². The van der Waals surface area contributed by atoms with E-state index in [0.717, 1.165) is 5.56 Å². The Hall–Kier alpha value is -1.51. The summed E-state index contributed by atoms with van der Waals surface area (Å²) in [4.78, 5) is 12.8. The molecule has 3 aliphatic rings. The van der Waals surface area contributed by atoms with Crippen molar-refractivity contribution in [3.8, 4) is 0 Å². The Bertz CT molecular complexity index is 676. The second kappa shape index (κ2) is 6.28. The molecule has 5 atom stereocenters. The molecule has 3 heterocycles. The van der Waals surface area contributed by atoms with Crippen LogP contribution < -0.4 is 5.32 Å². The molecular weight excluding hydrogens is 338 g/mol. The quantitative estimate of drug-likeness (QED) is 0.881. The smallest absolute Gasteiger partial charge is 0.252 e. The minimum absolute atomic E-state index is 0.253. The summed E-state index contributed by atoms with van der Waals surface area (Å²) in [5, 5.41) is 2.91. The molecule has 0 aromatic heterocycles. The molecule has 0 aliphatic carbocycles. The third-order valence-electron chi connectivity index (χ3n) is 4.72. The van der Waals surface area contributed by atoms with Crippen molar-refractivity contribution < 1.29 is 28.5 Å². The van der Waals surface area contributed by atoms with Gasteiger partial charge >= 0.3 is 0 Å². The summed E-state index contributed by atoms with van der Waals surface area (Å²) in [6.07, 6.45) is -2.92. The van der Waals surface area contributed by atoms with E-state index in [1.807, 2.05) is 58.0 Å². The Labute approximate surface area is 152 Å². The standard InChI is InChI=1S/C19H25NO6/c1-18(2)23-12-13(24-18)15-17(26-19(3,4)25-15)22-14(12)16(21)20-10-11-8-6-5-7-9-11/h5-9,12-15,17H,10H2,1-4H3,(H,20,21)/t12-,13+,14+,15-,17-/m1/s1. The lowest BCUT2D eigenvalue weighted by molar-refractivity contribution is -0.231. The van der Waals surface area contributed by atoms with Gasteiger partial charge < -0.3 is 29.0 Å². The molecule has 0 radical (unpaired) electrons. The highest BCUT2D eigenvalue weighted by Crippen LogP contribution is 2.44. The highest BCUT2D eigenvalue weighted by molar-refractivity contribution is 5.81. The molecule has 0 unspecified atom stereocenters. The van der Waals surface area contributed by atoms with E-state index in [4.69, 9.17) is 23.7 Å². The highest BCUT2D eigenvalue weighted by atomic mass is 16.9. The maximum absolute atomic E-state index is 12.8. The number of fused-ring (bicyclic) bond motifs is 3. The number of hydrogen-bond acceptors (Lipinski definition) is 6. The van der Waals surface area contributed by atoms with E-state index in [-0.39, 0.29) is 5.91 Å². The van der Waals surface area contributed by atoms with Gasteiger partial charge in [-0.3, -0.25) is 4.79 Å². The molecule has 4 rings (SSSR count). The van der Waals surface area contributed by atoms with Crippen LogP contribution in [0, 0.1) is 0 Å². The lowest BCUT2D eigenvalue weighted by Gasteiger charge is -2.36. The molecule has 142 valence electrons. The van der Waals surface area contributed by atoms with Gasteiger partial charge in [0.05, 0.1) is 0 Å². The lowest BCUT2D eigenvalue weighted by Crippen LogP contribution is -2.59. The molecule has 3 saturated heterocycles. The Morgan fingerprint density at radius 2 is 1.54 bits per heavy atom. The second-order valence-corrected chi connectivity index (χ2v) is 7.79. The van der Waals surface area contributed by atoms with Gasteiger partial charge in [-0.15, -0.1) is 0 Å². The van der Waals surface area contributed by atoms with E-state index in [1.54, 1.807) is 0 Å². The maximum atomic E-state index is 12.8. The van der Waals surface area contributed by atoms with E-state index in [1.165, 1.54) is 0 Å². The third kappa shape index (κ3) is 3.37. The first-order valence-corrected chi connectivity index (χ1v) is 8.92. The van der Waals surface area contributed by atoms with Crippen LogP contribution in [0.3, 0.4) is 0 Å². The fourth-order valence-corrected chi connectivity index (χ4v) is 3.71. The van der Waals surface area contributed by atoms with Gasteiger partial charge in [-0.2, -0.15) is 0 Å². The van der Waals surface area contributed by atoms with Crippen molar-refractivity contribution in [1.82, 2.24) is 5.32 Å². The van der Waals surface area contributed by atoms with Crippen LogP contribution in [0.1, 0.15) is 33.3 Å². The molecule has 1 aromatic carbocycles. The first-order valence-electron chi connectivity index (χ1n) is 8.92. The zero-order chi connectivity index (χ0) is 18.5. The molecule has 3 aliphatic heterocycles. The Balaban J connectivity index is 1.51. The average Bonchev–Trinajstić information content (AvgIpc) is 3.06. The first-order chi connectivity index (χ1) is 12.2. The second-order valence-electron chi connectivity index (χ2n) is 7.79. The maximum Gasteiger partial charge on any atom is 0.252 e. The number of rotatable bonds is 3. The Kier molecular flexibility index (Phi) is 4.32. The van der Waals surface area contributed by atoms with Gasteiger partial charge in [0.1, 0.15) is 18.3 Å². The summed E-state index contributed by atoms with van der Waals surface area (Å²) >= 11 is 0. The van der Waals surface area contributed by atoms with Crippen molar-refractivity contribution in [3.05, 3.63) is 35.9 Å². The van der Waals surface area contributed by atoms with Crippen molar-refractivity contribution in [1.29, 1.82) is 0 Å². The zero-order valence-electron chi connectivity index (χ0n) is 15.4. The zero-order valence-corrected chi connectivity index (χ0v) is 15.4. The van der Waals surface area contributed by atoms with Crippen LogP contribution in [-0.4, -0.2) is 48.2 Å². The normalized spacial score (nSPS) is 37.0. The Morgan fingerprint density at radius 1 is 0.923 bits per heavy atom. The third-order valence-corrected chi connectivity index (χ3v) is 4.72. The van der Waals surface area contributed by atoms with Crippen molar-refractivity contribution in [2.24, 2.45) is 0 Å². The topological polar surface area (TPSA) is 75.3 Å². The molecule has 0 saturated carbocycles. The highest BCUT2D eigenvalue weighted by Gasteiger charge is 2.62. The van der Waals surface area contributed by atoms with Crippen LogP contribution in [-0.2, 0) is 35.0 Å². The molecular formula is C19H25NO6. The monoisotopic (exact) mass is 363 g/mol. The SMILES string of the molecule is CC1(C)O[C@H]2[C@@H](O1)[C@@H](C(=O)NCc1ccccc1)O[C@@H]1OC(C)(C)O[C@@H]12. The number of ether oxygens (including phenoxy) is 5. The first kappa shape index (κ1) is 17.9. The Morgan fingerprint density at radius 3 is 2.27 bits per heavy atom. The largest absolute Gasteiger partial charge is 0.350 e. The van der Waals surface area contributed by atoms with Crippen molar-refractivity contribution in [3.63, 3.8) is 0 Å². The number of carbonyl (C=O) groups excluding carboxylic acids is 1. The summed E-state index contributed by atoms with van der Waals surface area (Å²) in [5.41, 5.74) is 1.01. The van der Waals surface area contributed by atoms with Gasteiger partial charge in [0.25, 0.3) is 5.91 Å². The molecule has 1 N–H and O–H groups in total. The predicted octanol–water partition coefficient (Wildman–Crippen LogP) is 1.70. The van der Waals surface area contributed by atoms with Gasteiger partial charge in [0, 0.05) is 6.54 Å². The molecule has 26 heavy (non-hydrogen) atoms. The van der Waals surface area contributed by atoms with Crippen molar-refractivity contribution in [2.75, 3.05) is 0 Å². The molecule has 1 amide bonds. The van der Waals surface area contributed by atoms with Crippen LogP contribution in [0.25, 0.3) is 0 Å². The summed E-state index contributed by atoms with van der Waals surface area (Å²) in [6.45, 7) is 7.68. The number of nitrogens with one attached hydrogen (secondary N) is 1. The van der Waals surface area contributed by atoms with Gasteiger partial charge in [0.15, 0.2) is 24.0 Å². The molecule has 7 heteroatoms. The van der Waals surface area contributed by atoms with Crippen LogP contribution in [0.15, 0.2) is 30.3 Å². The number of amides is 1. The van der Waals surface area contributed by atoms with Gasteiger partial charge in [-0.25, -0.2) is 0 Å². The number of hydrogen-bond donors (Lipinski definition) is 1. The van der Waals surface area contributed by atoms with Crippen LogP contribution >= 0.6 is 0 Å². The molecule has 3 fully saturated rings. The minimum Gasteiger partial charge on any atom is -0.350 e. The van der Waals surface area contributed by atoms with E-state index >= 15 is 0 Å². The van der Waals surface area contributed by atoms with Gasteiger partial charge in [-0.05, 0) is 33.3 Å². The predicted molar refractivity (Wildman–Crippen MR) is 90.8 cm³/mol. The number of benzene rings is 1. The summed E-state index contributed by atoms with van der Waals surface area (Å²) in [7, 11) is 0. The average molecular weight is 363 g/mol. The lowest BCUT2D eigenvalue weighted by atomic mass is 9.98. The van der Waals surface area contributed by atoms with E-state index in [0.29, 0.717) is 6.54 Å². The molecule has 1 aromatic rings. The van der Waals surface area contributed by atoms with Crippen LogP contribution in [0.2, 0.25) is 0 Å². The molecule has 0 spiro atoms. The fourth-order valence-electron chi connectivity index (χ4n) is 3.71. The number of carbonyl (C=O) groups is 1. The fraction of sp³-hybridized carbons (Fsp3) is 0.632.